The monoisotopic (exact) mass is 514 g/mol. The van der Waals surface area contributed by atoms with E-state index in [0.717, 1.165) is 17.8 Å². The Morgan fingerprint density at radius 3 is 2.30 bits per heavy atom. The summed E-state index contributed by atoms with van der Waals surface area (Å²) in [5.41, 5.74) is 6.36. The summed E-state index contributed by atoms with van der Waals surface area (Å²) in [6.07, 6.45) is 2.67. The van der Waals surface area contributed by atoms with Gasteiger partial charge in [0.25, 0.3) is 0 Å². The molecule has 37 heavy (non-hydrogen) atoms. The standard InChI is InChI=1S/C30H30N2O4S/c1-21-30(28-6-4-5-7-29(28)32(21)20-23-8-12-26(36-3)13-9-23)25-16-18-31(19-17-25)37(34,35)27-14-10-24(11-15-27)22(2)33/h4-16H,17-20H2,1-3H3. The number of aromatic nitrogens is 1. The minimum absolute atomic E-state index is 0.0870. The summed E-state index contributed by atoms with van der Waals surface area (Å²) in [7, 11) is -1.98. The van der Waals surface area contributed by atoms with Crippen LogP contribution < -0.4 is 4.74 Å². The summed E-state index contributed by atoms with van der Waals surface area (Å²) >= 11 is 0. The molecule has 190 valence electrons. The molecule has 2 heterocycles. The third kappa shape index (κ3) is 4.72. The summed E-state index contributed by atoms with van der Waals surface area (Å²) in [5, 5.41) is 1.18. The number of hydrogen-bond acceptors (Lipinski definition) is 4. The Labute approximate surface area is 217 Å². The second-order valence-electron chi connectivity index (χ2n) is 9.33. The molecule has 0 amide bonds. The van der Waals surface area contributed by atoms with E-state index < -0.39 is 10.0 Å². The average molecular weight is 515 g/mol. The zero-order chi connectivity index (χ0) is 26.2. The Morgan fingerprint density at radius 1 is 0.973 bits per heavy atom. The second kappa shape index (κ2) is 10.00. The van der Waals surface area contributed by atoms with Gasteiger partial charge in [-0.15, -0.1) is 0 Å². The molecule has 5 rings (SSSR count). The molecule has 3 aromatic carbocycles. The predicted molar refractivity (Wildman–Crippen MR) is 147 cm³/mol. The van der Waals surface area contributed by atoms with Crippen molar-refractivity contribution in [2.75, 3.05) is 20.2 Å². The summed E-state index contributed by atoms with van der Waals surface area (Å²) in [5.74, 6) is 0.746. The topological polar surface area (TPSA) is 68.6 Å². The van der Waals surface area contributed by atoms with Crippen molar-refractivity contribution in [2.24, 2.45) is 0 Å². The molecular formula is C30H30N2O4S. The number of sulfonamides is 1. The van der Waals surface area contributed by atoms with Gasteiger partial charge in [-0.3, -0.25) is 4.79 Å². The maximum Gasteiger partial charge on any atom is 0.243 e. The van der Waals surface area contributed by atoms with E-state index in [2.05, 4.69) is 41.8 Å². The van der Waals surface area contributed by atoms with E-state index in [-0.39, 0.29) is 10.7 Å². The molecule has 1 aliphatic heterocycles. The fraction of sp³-hybridized carbons (Fsp3) is 0.233. The van der Waals surface area contributed by atoms with Crippen LogP contribution in [0.4, 0.5) is 0 Å². The zero-order valence-electron chi connectivity index (χ0n) is 21.3. The van der Waals surface area contributed by atoms with Crippen molar-refractivity contribution < 1.29 is 17.9 Å². The molecule has 6 nitrogen and oxygen atoms in total. The highest BCUT2D eigenvalue weighted by Gasteiger charge is 2.28. The van der Waals surface area contributed by atoms with Gasteiger partial charge >= 0.3 is 0 Å². The summed E-state index contributed by atoms with van der Waals surface area (Å²) in [4.78, 5) is 11.8. The quantitative estimate of drug-likeness (QED) is 0.297. The number of rotatable bonds is 7. The number of methoxy groups -OCH3 is 1. The highest BCUT2D eigenvalue weighted by atomic mass is 32.2. The van der Waals surface area contributed by atoms with Crippen LogP contribution in [0.15, 0.2) is 83.8 Å². The number of Topliss-reactive ketones (excluding diaryl/α,β-unsaturated/α-hetero) is 1. The molecule has 0 aliphatic carbocycles. The van der Waals surface area contributed by atoms with Crippen LogP contribution in [-0.2, 0) is 16.6 Å². The van der Waals surface area contributed by atoms with Crippen LogP contribution in [0.1, 0.15) is 40.5 Å². The molecule has 0 bridgehead atoms. The minimum Gasteiger partial charge on any atom is -0.497 e. The number of carbonyl (C=O) groups excluding carboxylic acids is 1. The number of carbonyl (C=O) groups is 1. The molecule has 0 N–H and O–H groups in total. The molecule has 0 fully saturated rings. The van der Waals surface area contributed by atoms with E-state index in [4.69, 9.17) is 4.74 Å². The maximum atomic E-state index is 13.2. The van der Waals surface area contributed by atoms with Gasteiger partial charge in [-0.05, 0) is 61.7 Å². The van der Waals surface area contributed by atoms with Gasteiger partial charge in [-0.25, -0.2) is 8.42 Å². The SMILES string of the molecule is COc1ccc(Cn2c(C)c(C3=CCN(S(=O)(=O)c4ccc(C(C)=O)cc4)CC3)c3ccccc32)cc1. The lowest BCUT2D eigenvalue weighted by atomic mass is 9.97. The molecule has 4 aromatic rings. The number of nitrogens with zero attached hydrogens (tertiary/aromatic N) is 2. The maximum absolute atomic E-state index is 13.2. The van der Waals surface area contributed by atoms with Gasteiger partial charge in [0.1, 0.15) is 5.75 Å². The first-order valence-electron chi connectivity index (χ1n) is 12.3. The highest BCUT2D eigenvalue weighted by molar-refractivity contribution is 7.89. The Balaban J connectivity index is 1.44. The van der Waals surface area contributed by atoms with Crippen LogP contribution in [0.2, 0.25) is 0 Å². The van der Waals surface area contributed by atoms with Crippen LogP contribution in [0.3, 0.4) is 0 Å². The van der Waals surface area contributed by atoms with Gasteiger partial charge in [0, 0.05) is 47.4 Å². The van der Waals surface area contributed by atoms with Crippen molar-refractivity contribution in [2.45, 2.75) is 31.7 Å². The molecular weight excluding hydrogens is 484 g/mol. The number of ether oxygens (including phenoxy) is 1. The van der Waals surface area contributed by atoms with Gasteiger partial charge in [0.05, 0.1) is 12.0 Å². The van der Waals surface area contributed by atoms with Gasteiger partial charge in [-0.2, -0.15) is 4.31 Å². The van der Waals surface area contributed by atoms with Crippen LogP contribution in [0, 0.1) is 6.92 Å². The van der Waals surface area contributed by atoms with E-state index in [1.807, 2.05) is 24.3 Å². The van der Waals surface area contributed by atoms with E-state index >= 15 is 0 Å². The van der Waals surface area contributed by atoms with E-state index in [1.54, 1.807) is 19.2 Å². The molecule has 0 radical (unpaired) electrons. The molecule has 0 spiro atoms. The Hall–Kier alpha value is -3.68. The molecule has 1 aliphatic rings. The number of hydrogen-bond donors (Lipinski definition) is 0. The van der Waals surface area contributed by atoms with Crippen LogP contribution in [-0.4, -0.2) is 43.3 Å². The fourth-order valence-corrected chi connectivity index (χ4v) is 6.44. The van der Waals surface area contributed by atoms with Crippen molar-refractivity contribution in [3.63, 3.8) is 0 Å². The van der Waals surface area contributed by atoms with Gasteiger partial charge in [0.2, 0.25) is 10.0 Å². The third-order valence-corrected chi connectivity index (χ3v) is 9.00. The third-order valence-electron chi connectivity index (χ3n) is 7.12. The molecule has 0 atom stereocenters. The first kappa shape index (κ1) is 25.0. The van der Waals surface area contributed by atoms with Crippen molar-refractivity contribution in [1.29, 1.82) is 0 Å². The largest absolute Gasteiger partial charge is 0.497 e. The predicted octanol–water partition coefficient (Wildman–Crippen LogP) is 5.69. The van der Waals surface area contributed by atoms with Crippen LogP contribution >= 0.6 is 0 Å². The Kier molecular flexibility index (Phi) is 6.75. The highest BCUT2D eigenvalue weighted by Crippen LogP contribution is 2.36. The van der Waals surface area contributed by atoms with Gasteiger partial charge < -0.3 is 9.30 Å². The lowest BCUT2D eigenvalue weighted by Crippen LogP contribution is -2.34. The average Bonchev–Trinajstić information content (AvgIpc) is 3.20. The summed E-state index contributed by atoms with van der Waals surface area (Å²) in [6.45, 7) is 5.06. The second-order valence-corrected chi connectivity index (χ2v) is 11.3. The van der Waals surface area contributed by atoms with Gasteiger partial charge in [-0.1, -0.05) is 48.5 Å². The van der Waals surface area contributed by atoms with Crippen LogP contribution in [0.25, 0.3) is 16.5 Å². The number of ketones is 1. The Morgan fingerprint density at radius 2 is 1.68 bits per heavy atom. The van der Waals surface area contributed by atoms with Crippen molar-refractivity contribution in [3.8, 4) is 5.75 Å². The zero-order valence-corrected chi connectivity index (χ0v) is 22.1. The van der Waals surface area contributed by atoms with E-state index in [1.165, 1.54) is 51.1 Å². The van der Waals surface area contributed by atoms with Gasteiger partial charge in [0.15, 0.2) is 5.78 Å². The van der Waals surface area contributed by atoms with E-state index in [0.29, 0.717) is 25.1 Å². The lowest BCUT2D eigenvalue weighted by Gasteiger charge is -2.26. The minimum atomic E-state index is -3.64. The number of fused-ring (bicyclic) bond motifs is 1. The molecule has 0 saturated heterocycles. The normalized spacial score (nSPS) is 14.5. The molecule has 7 heteroatoms. The fourth-order valence-electron chi connectivity index (χ4n) is 5.06. The number of benzene rings is 3. The summed E-state index contributed by atoms with van der Waals surface area (Å²) in [6, 6.07) is 22.7. The van der Waals surface area contributed by atoms with Crippen molar-refractivity contribution in [3.05, 3.63) is 101 Å². The van der Waals surface area contributed by atoms with Crippen molar-refractivity contribution >= 4 is 32.3 Å². The first-order chi connectivity index (χ1) is 17.8. The number of para-hydroxylation sites is 1. The summed E-state index contributed by atoms with van der Waals surface area (Å²) < 4.78 is 35.6. The smallest absolute Gasteiger partial charge is 0.243 e. The van der Waals surface area contributed by atoms with E-state index in [9.17, 15) is 13.2 Å². The first-order valence-corrected chi connectivity index (χ1v) is 13.7. The Bertz CT molecular complexity index is 1600. The molecule has 1 aromatic heterocycles. The molecule has 0 unspecified atom stereocenters. The lowest BCUT2D eigenvalue weighted by molar-refractivity contribution is 0.101. The molecule has 0 saturated carbocycles. The van der Waals surface area contributed by atoms with Crippen molar-refractivity contribution in [1.82, 2.24) is 8.87 Å². The van der Waals surface area contributed by atoms with Crippen LogP contribution in [0.5, 0.6) is 5.75 Å².